The van der Waals surface area contributed by atoms with Crippen molar-refractivity contribution in [1.29, 1.82) is 0 Å². The molecule has 0 spiro atoms. The zero-order chi connectivity index (χ0) is 11.3. The van der Waals surface area contributed by atoms with Crippen molar-refractivity contribution in [2.24, 2.45) is 11.1 Å². The maximum Gasteiger partial charge on any atom is 0.0595 e. The predicted octanol–water partition coefficient (Wildman–Crippen LogP) is 1.47. The Morgan fingerprint density at radius 3 is 2.40 bits per heavy atom. The largest absolute Gasteiger partial charge is 0.381 e. The minimum absolute atomic E-state index is 0.290. The molecule has 0 atom stereocenters. The van der Waals surface area contributed by atoms with Crippen LogP contribution in [0.15, 0.2) is 0 Å². The van der Waals surface area contributed by atoms with Gasteiger partial charge >= 0.3 is 0 Å². The number of ether oxygens (including phenoxy) is 1. The minimum atomic E-state index is 0.290. The van der Waals surface area contributed by atoms with Crippen molar-refractivity contribution < 1.29 is 4.74 Å². The molecular weight excluding hydrogens is 188 g/mol. The van der Waals surface area contributed by atoms with Crippen LogP contribution in [-0.2, 0) is 4.74 Å². The minimum Gasteiger partial charge on any atom is -0.381 e. The van der Waals surface area contributed by atoms with E-state index < -0.39 is 0 Å². The van der Waals surface area contributed by atoms with Crippen LogP contribution in [0.4, 0.5) is 0 Å². The topological polar surface area (TPSA) is 38.5 Å². The SMILES string of the molecule is COC1CCN(CCC(C)(C)CN)CC1. The Morgan fingerprint density at radius 1 is 1.33 bits per heavy atom. The van der Waals surface area contributed by atoms with Crippen LogP contribution >= 0.6 is 0 Å². The van der Waals surface area contributed by atoms with Crippen molar-refractivity contribution in [3.8, 4) is 0 Å². The first-order valence-corrected chi connectivity index (χ1v) is 6.02. The first-order valence-electron chi connectivity index (χ1n) is 6.02. The fourth-order valence-corrected chi connectivity index (χ4v) is 1.93. The van der Waals surface area contributed by atoms with Gasteiger partial charge in [-0.25, -0.2) is 0 Å². The highest BCUT2D eigenvalue weighted by atomic mass is 16.5. The van der Waals surface area contributed by atoms with Crippen LogP contribution in [0.2, 0.25) is 0 Å². The lowest BCUT2D eigenvalue weighted by atomic mass is 9.89. The fraction of sp³-hybridized carbons (Fsp3) is 1.00. The highest BCUT2D eigenvalue weighted by Crippen LogP contribution is 2.20. The summed E-state index contributed by atoms with van der Waals surface area (Å²) < 4.78 is 5.36. The van der Waals surface area contributed by atoms with Gasteiger partial charge in [0.25, 0.3) is 0 Å². The molecule has 0 aromatic heterocycles. The van der Waals surface area contributed by atoms with Gasteiger partial charge in [0.2, 0.25) is 0 Å². The van der Waals surface area contributed by atoms with Crippen LogP contribution in [0.5, 0.6) is 0 Å². The quantitative estimate of drug-likeness (QED) is 0.753. The van der Waals surface area contributed by atoms with E-state index in [9.17, 15) is 0 Å². The van der Waals surface area contributed by atoms with Crippen LogP contribution in [0.1, 0.15) is 33.1 Å². The molecule has 1 aliphatic rings. The van der Waals surface area contributed by atoms with Gasteiger partial charge in [-0.2, -0.15) is 0 Å². The molecule has 1 rings (SSSR count). The first-order chi connectivity index (χ1) is 7.07. The predicted molar refractivity (Wildman–Crippen MR) is 63.9 cm³/mol. The second-order valence-corrected chi connectivity index (χ2v) is 5.40. The van der Waals surface area contributed by atoms with E-state index in [1.54, 1.807) is 0 Å². The maximum atomic E-state index is 5.73. The van der Waals surface area contributed by atoms with E-state index in [0.717, 1.165) is 6.54 Å². The van der Waals surface area contributed by atoms with Gasteiger partial charge in [0.15, 0.2) is 0 Å². The van der Waals surface area contributed by atoms with E-state index in [2.05, 4.69) is 18.7 Å². The van der Waals surface area contributed by atoms with Gasteiger partial charge in [-0.05, 0) is 37.8 Å². The van der Waals surface area contributed by atoms with E-state index in [0.29, 0.717) is 6.10 Å². The van der Waals surface area contributed by atoms with E-state index in [1.807, 2.05) is 7.11 Å². The fourth-order valence-electron chi connectivity index (χ4n) is 1.93. The van der Waals surface area contributed by atoms with Crippen molar-refractivity contribution in [3.05, 3.63) is 0 Å². The second kappa shape index (κ2) is 5.83. The van der Waals surface area contributed by atoms with Crippen LogP contribution in [0, 0.1) is 5.41 Å². The highest BCUT2D eigenvalue weighted by Gasteiger charge is 2.21. The lowest BCUT2D eigenvalue weighted by molar-refractivity contribution is 0.0381. The molecule has 0 unspecified atom stereocenters. The summed E-state index contributed by atoms with van der Waals surface area (Å²) >= 11 is 0. The molecule has 0 bridgehead atoms. The van der Waals surface area contributed by atoms with Crippen molar-refractivity contribution in [1.82, 2.24) is 4.90 Å². The smallest absolute Gasteiger partial charge is 0.0595 e. The Kier molecular flexibility index (Phi) is 5.03. The third-order valence-corrected chi connectivity index (χ3v) is 3.53. The van der Waals surface area contributed by atoms with Crippen LogP contribution in [0.3, 0.4) is 0 Å². The van der Waals surface area contributed by atoms with Crippen LogP contribution < -0.4 is 5.73 Å². The number of piperidine rings is 1. The molecule has 1 saturated heterocycles. The van der Waals surface area contributed by atoms with Gasteiger partial charge in [0.1, 0.15) is 0 Å². The molecule has 0 aromatic rings. The number of likely N-dealkylation sites (tertiary alicyclic amines) is 1. The third-order valence-electron chi connectivity index (χ3n) is 3.53. The standard InChI is InChI=1S/C12H26N2O/c1-12(2,10-13)6-9-14-7-4-11(15-3)5-8-14/h11H,4-10,13H2,1-3H3. The molecule has 90 valence electrons. The Bertz CT molecular complexity index is 174. The van der Waals surface area contributed by atoms with E-state index in [1.165, 1.54) is 38.9 Å². The lowest BCUT2D eigenvalue weighted by Crippen LogP contribution is -2.39. The lowest BCUT2D eigenvalue weighted by Gasteiger charge is -2.33. The third kappa shape index (κ3) is 4.49. The number of hydrogen-bond acceptors (Lipinski definition) is 3. The second-order valence-electron chi connectivity index (χ2n) is 5.40. The van der Waals surface area contributed by atoms with Crippen molar-refractivity contribution in [2.75, 3.05) is 33.3 Å². The average Bonchev–Trinajstić information content (AvgIpc) is 2.27. The molecule has 1 heterocycles. The number of nitrogens with zero attached hydrogens (tertiary/aromatic N) is 1. The van der Waals surface area contributed by atoms with Crippen molar-refractivity contribution >= 4 is 0 Å². The molecule has 0 saturated carbocycles. The number of rotatable bonds is 5. The molecule has 15 heavy (non-hydrogen) atoms. The molecule has 2 N–H and O–H groups in total. The average molecular weight is 214 g/mol. The molecule has 0 radical (unpaired) electrons. The summed E-state index contributed by atoms with van der Waals surface area (Å²) in [6.07, 6.45) is 4.05. The van der Waals surface area contributed by atoms with Crippen LogP contribution in [-0.4, -0.2) is 44.3 Å². The van der Waals surface area contributed by atoms with Gasteiger partial charge in [0, 0.05) is 20.2 Å². The van der Waals surface area contributed by atoms with Crippen molar-refractivity contribution in [2.45, 2.75) is 39.2 Å². The summed E-state index contributed by atoms with van der Waals surface area (Å²) in [5, 5.41) is 0. The van der Waals surface area contributed by atoms with Gasteiger partial charge in [-0.3, -0.25) is 0 Å². The zero-order valence-electron chi connectivity index (χ0n) is 10.5. The molecule has 3 nitrogen and oxygen atoms in total. The van der Waals surface area contributed by atoms with Gasteiger partial charge < -0.3 is 15.4 Å². The zero-order valence-corrected chi connectivity index (χ0v) is 10.5. The Morgan fingerprint density at radius 2 is 1.93 bits per heavy atom. The van der Waals surface area contributed by atoms with E-state index in [4.69, 9.17) is 10.5 Å². The van der Waals surface area contributed by atoms with Gasteiger partial charge in [-0.1, -0.05) is 13.8 Å². The normalized spacial score (nSPS) is 20.8. The summed E-state index contributed by atoms with van der Waals surface area (Å²) in [4.78, 5) is 2.53. The molecular formula is C12H26N2O. The van der Waals surface area contributed by atoms with E-state index >= 15 is 0 Å². The first kappa shape index (κ1) is 12.9. The number of nitrogens with two attached hydrogens (primary N) is 1. The van der Waals surface area contributed by atoms with Gasteiger partial charge in [-0.15, -0.1) is 0 Å². The van der Waals surface area contributed by atoms with Gasteiger partial charge in [0.05, 0.1) is 6.10 Å². The Hall–Kier alpha value is -0.120. The number of methoxy groups -OCH3 is 1. The molecule has 1 aliphatic heterocycles. The summed E-state index contributed by atoms with van der Waals surface area (Å²) in [5.74, 6) is 0. The molecule has 1 fully saturated rings. The van der Waals surface area contributed by atoms with Crippen molar-refractivity contribution in [3.63, 3.8) is 0 Å². The monoisotopic (exact) mass is 214 g/mol. The molecule has 3 heteroatoms. The Labute approximate surface area is 94.0 Å². The summed E-state index contributed by atoms with van der Waals surface area (Å²) in [5.41, 5.74) is 6.02. The molecule has 0 aromatic carbocycles. The maximum absolute atomic E-state index is 5.73. The van der Waals surface area contributed by atoms with Crippen LogP contribution in [0.25, 0.3) is 0 Å². The highest BCUT2D eigenvalue weighted by molar-refractivity contribution is 4.76. The van der Waals surface area contributed by atoms with E-state index in [-0.39, 0.29) is 5.41 Å². The molecule has 0 amide bonds. The summed E-state index contributed by atoms with van der Waals surface area (Å²) in [6, 6.07) is 0. The molecule has 0 aliphatic carbocycles. The number of hydrogen-bond donors (Lipinski definition) is 1. The summed E-state index contributed by atoms with van der Waals surface area (Å²) in [6.45, 7) is 8.81. The summed E-state index contributed by atoms with van der Waals surface area (Å²) in [7, 11) is 1.82. The Balaban J connectivity index is 2.19.